The Morgan fingerprint density at radius 2 is 1.79 bits per heavy atom. The molecule has 1 heterocycles. The van der Waals surface area contributed by atoms with Gasteiger partial charge in [0, 0.05) is 18.3 Å². The number of aromatic nitrogens is 1. The molecule has 1 aromatic carbocycles. The molecule has 3 unspecified atom stereocenters. The monoisotopic (exact) mass is 561 g/mol. The summed E-state index contributed by atoms with van der Waals surface area (Å²) in [4.78, 5) is 40.7. The van der Waals surface area contributed by atoms with Crippen LogP contribution < -0.4 is 10.6 Å². The predicted molar refractivity (Wildman–Crippen MR) is 145 cm³/mol. The van der Waals surface area contributed by atoms with Crippen LogP contribution in [0.5, 0.6) is 0 Å². The van der Waals surface area contributed by atoms with Crippen LogP contribution in [0.25, 0.3) is 0 Å². The van der Waals surface area contributed by atoms with E-state index in [9.17, 15) is 29.2 Å². The van der Waals surface area contributed by atoms with E-state index in [-0.39, 0.29) is 36.9 Å². The minimum atomic E-state index is -2.04. The van der Waals surface area contributed by atoms with Gasteiger partial charge in [0.1, 0.15) is 23.6 Å². The minimum absolute atomic E-state index is 0.0444. The van der Waals surface area contributed by atoms with Gasteiger partial charge in [-0.3, -0.25) is 14.7 Å². The standard InChI is InChI=1S/C27H36N3O8P/c1-17(13-29-24(33)37-15-19-9-7-6-8-10-19)11-21(23(31)32)27(35,16-39-36)20-12-18(2)22(28-14-20)30-25(34)38-26(3,4)5/h6-10,12,14,17,21,35H,11,13,15-16H2,1-5H3,(H,29,33)(H,31,32)(H,28,30,34). The van der Waals surface area contributed by atoms with Crippen molar-refractivity contribution in [3.8, 4) is 0 Å². The third kappa shape index (κ3) is 9.92. The van der Waals surface area contributed by atoms with Crippen LogP contribution in [0.3, 0.4) is 0 Å². The largest absolute Gasteiger partial charge is 0.481 e. The molecule has 2 amide bonds. The highest BCUT2D eigenvalue weighted by atomic mass is 31.1. The van der Waals surface area contributed by atoms with Crippen molar-refractivity contribution >= 4 is 32.4 Å². The van der Waals surface area contributed by atoms with Crippen LogP contribution in [0, 0.1) is 18.8 Å². The highest BCUT2D eigenvalue weighted by Crippen LogP contribution is 2.37. The van der Waals surface area contributed by atoms with E-state index < -0.39 is 49.9 Å². The second kappa shape index (κ2) is 14.0. The molecule has 11 nitrogen and oxygen atoms in total. The molecule has 0 aliphatic rings. The fraction of sp³-hybridized carbons (Fsp3) is 0.481. The number of amides is 2. The maximum atomic E-state index is 12.3. The molecule has 0 spiro atoms. The lowest BCUT2D eigenvalue weighted by Crippen LogP contribution is -2.43. The molecular weight excluding hydrogens is 525 g/mol. The van der Waals surface area contributed by atoms with E-state index in [4.69, 9.17) is 9.47 Å². The van der Waals surface area contributed by atoms with E-state index in [1.54, 1.807) is 34.6 Å². The molecule has 4 N–H and O–H groups in total. The van der Waals surface area contributed by atoms with Crippen molar-refractivity contribution < 1.29 is 38.6 Å². The number of carboxylic acids is 1. The molecule has 1 aromatic heterocycles. The van der Waals surface area contributed by atoms with Crippen molar-refractivity contribution in [1.29, 1.82) is 0 Å². The lowest BCUT2D eigenvalue weighted by molar-refractivity contribution is -0.152. The summed E-state index contributed by atoms with van der Waals surface area (Å²) in [6.07, 6.45) is -0.574. The van der Waals surface area contributed by atoms with E-state index >= 15 is 0 Å². The number of hydrogen-bond donors (Lipinski definition) is 4. The van der Waals surface area contributed by atoms with Gasteiger partial charge in [0.05, 0.1) is 12.1 Å². The Hall–Kier alpha value is -3.56. The van der Waals surface area contributed by atoms with Crippen LogP contribution in [-0.2, 0) is 31.0 Å². The number of alkyl carbamates (subject to hydrolysis) is 1. The summed E-state index contributed by atoms with van der Waals surface area (Å²) in [7, 11) is -0.466. The first-order valence-electron chi connectivity index (χ1n) is 12.4. The third-order valence-electron chi connectivity index (χ3n) is 5.82. The molecule has 0 fully saturated rings. The van der Waals surface area contributed by atoms with Gasteiger partial charge in [-0.15, -0.1) is 0 Å². The highest BCUT2D eigenvalue weighted by molar-refractivity contribution is 7.23. The predicted octanol–water partition coefficient (Wildman–Crippen LogP) is 4.87. The highest BCUT2D eigenvalue weighted by Gasteiger charge is 2.44. The van der Waals surface area contributed by atoms with Crippen LogP contribution in [-0.4, -0.2) is 51.7 Å². The first-order chi connectivity index (χ1) is 18.2. The number of anilines is 1. The molecule has 12 heteroatoms. The SMILES string of the molecule is Cc1cc(C(O)(CP=O)C(CC(C)CNC(=O)OCc2ccccc2)C(=O)O)cnc1NC(=O)OC(C)(C)C. The van der Waals surface area contributed by atoms with Crippen molar-refractivity contribution in [2.45, 2.75) is 58.8 Å². The van der Waals surface area contributed by atoms with Gasteiger partial charge < -0.3 is 25.0 Å². The number of rotatable bonds is 12. The average molecular weight is 562 g/mol. The third-order valence-corrected chi connectivity index (χ3v) is 6.43. The molecule has 39 heavy (non-hydrogen) atoms. The van der Waals surface area contributed by atoms with Crippen LogP contribution in [0.4, 0.5) is 15.4 Å². The summed E-state index contributed by atoms with van der Waals surface area (Å²) in [6, 6.07) is 10.6. The average Bonchev–Trinajstić information content (AvgIpc) is 2.85. The van der Waals surface area contributed by atoms with Crippen molar-refractivity contribution in [1.82, 2.24) is 10.3 Å². The van der Waals surface area contributed by atoms with Gasteiger partial charge in [-0.05, 0) is 57.2 Å². The zero-order valence-electron chi connectivity index (χ0n) is 22.8. The molecule has 0 saturated heterocycles. The van der Waals surface area contributed by atoms with Gasteiger partial charge in [-0.25, -0.2) is 14.6 Å². The smallest absolute Gasteiger partial charge is 0.413 e. The maximum absolute atomic E-state index is 12.3. The van der Waals surface area contributed by atoms with E-state index in [0.29, 0.717) is 5.56 Å². The van der Waals surface area contributed by atoms with E-state index in [0.717, 1.165) is 5.56 Å². The molecule has 212 valence electrons. The zero-order valence-corrected chi connectivity index (χ0v) is 23.7. The molecule has 3 atom stereocenters. The first-order valence-corrected chi connectivity index (χ1v) is 13.4. The van der Waals surface area contributed by atoms with Crippen molar-refractivity contribution in [3.63, 3.8) is 0 Å². The zero-order chi connectivity index (χ0) is 29.2. The summed E-state index contributed by atoms with van der Waals surface area (Å²) in [5.41, 5.74) is -1.36. The second-order valence-electron chi connectivity index (χ2n) is 10.4. The number of nitrogens with zero attached hydrogens (tertiary/aromatic N) is 1. The summed E-state index contributed by atoms with van der Waals surface area (Å²) in [6.45, 7) is 8.68. The van der Waals surface area contributed by atoms with Gasteiger partial charge in [-0.1, -0.05) is 37.3 Å². The van der Waals surface area contributed by atoms with Gasteiger partial charge in [0.15, 0.2) is 8.46 Å². The Balaban J connectivity index is 2.12. The molecular formula is C27H36N3O8P. The molecule has 2 rings (SSSR count). The summed E-state index contributed by atoms with van der Waals surface area (Å²) < 4.78 is 22.0. The van der Waals surface area contributed by atoms with Gasteiger partial charge in [-0.2, -0.15) is 0 Å². The Labute approximate surface area is 229 Å². The topological polar surface area (TPSA) is 164 Å². The van der Waals surface area contributed by atoms with Gasteiger partial charge in [0.2, 0.25) is 0 Å². The lowest BCUT2D eigenvalue weighted by atomic mass is 9.78. The number of carbonyl (C=O) groups excluding carboxylic acids is 2. The number of pyridine rings is 1. The van der Waals surface area contributed by atoms with Crippen LogP contribution in [0.2, 0.25) is 0 Å². The van der Waals surface area contributed by atoms with Gasteiger partial charge >= 0.3 is 18.2 Å². The normalized spacial score (nSPS) is 14.5. The number of aryl methyl sites for hydroxylation is 1. The fourth-order valence-electron chi connectivity index (χ4n) is 3.86. The molecule has 0 saturated carbocycles. The van der Waals surface area contributed by atoms with Crippen molar-refractivity contribution in [2.75, 3.05) is 18.0 Å². The quantitative estimate of drug-likeness (QED) is 0.265. The maximum Gasteiger partial charge on any atom is 0.413 e. The number of aliphatic hydroxyl groups is 1. The second-order valence-corrected chi connectivity index (χ2v) is 11.0. The number of ether oxygens (including phenoxy) is 2. The fourth-order valence-corrected chi connectivity index (χ4v) is 4.46. The molecule has 0 aliphatic heterocycles. The van der Waals surface area contributed by atoms with Crippen molar-refractivity contribution in [3.05, 3.63) is 59.3 Å². The van der Waals surface area contributed by atoms with Crippen LogP contribution in [0.1, 0.15) is 50.8 Å². The van der Waals surface area contributed by atoms with Crippen LogP contribution in [0.15, 0.2) is 42.6 Å². The van der Waals surface area contributed by atoms with Crippen LogP contribution >= 0.6 is 8.46 Å². The summed E-state index contributed by atoms with van der Waals surface area (Å²) in [5.74, 6) is -2.88. The Morgan fingerprint density at radius 3 is 2.36 bits per heavy atom. The summed E-state index contributed by atoms with van der Waals surface area (Å²) >= 11 is 0. The number of hydrogen-bond acceptors (Lipinski definition) is 8. The Bertz CT molecular complexity index is 1160. The Kier molecular flexibility index (Phi) is 11.4. The number of aliphatic carboxylic acids is 1. The number of carboxylic acid groups (broad SMARTS) is 1. The van der Waals surface area contributed by atoms with E-state index in [2.05, 4.69) is 15.6 Å². The molecule has 2 aromatic rings. The number of carbonyl (C=O) groups is 3. The van der Waals surface area contributed by atoms with Crippen molar-refractivity contribution in [2.24, 2.45) is 11.8 Å². The van der Waals surface area contributed by atoms with E-state index in [1.165, 1.54) is 12.3 Å². The molecule has 0 radical (unpaired) electrons. The summed E-state index contributed by atoms with van der Waals surface area (Å²) in [5, 5.41) is 26.7. The lowest BCUT2D eigenvalue weighted by Gasteiger charge is -2.34. The molecule has 0 bridgehead atoms. The Morgan fingerprint density at radius 1 is 1.13 bits per heavy atom. The number of benzene rings is 1. The first kappa shape index (κ1) is 31.7. The number of nitrogens with one attached hydrogen (secondary N) is 2. The molecule has 0 aliphatic carbocycles. The van der Waals surface area contributed by atoms with E-state index in [1.807, 2.05) is 30.3 Å². The van der Waals surface area contributed by atoms with Gasteiger partial charge in [0.25, 0.3) is 0 Å². The minimum Gasteiger partial charge on any atom is -0.481 e.